The highest BCUT2D eigenvalue weighted by Crippen LogP contribution is 2.25. The van der Waals surface area contributed by atoms with Gasteiger partial charge in [-0.15, -0.1) is 17.8 Å². The quantitative estimate of drug-likeness (QED) is 0.864. The van der Waals surface area contributed by atoms with E-state index in [0.717, 1.165) is 15.1 Å². The lowest BCUT2D eigenvalue weighted by Gasteiger charge is -2.06. The van der Waals surface area contributed by atoms with Gasteiger partial charge in [-0.05, 0) is 35.0 Å². The summed E-state index contributed by atoms with van der Waals surface area (Å²) in [7, 11) is -3.45. The van der Waals surface area contributed by atoms with Gasteiger partial charge in [-0.1, -0.05) is 5.92 Å². The van der Waals surface area contributed by atoms with Crippen LogP contribution in [-0.4, -0.2) is 14.5 Å². The van der Waals surface area contributed by atoms with Crippen LogP contribution in [0.4, 0.5) is 0 Å². The minimum atomic E-state index is -3.45. The van der Waals surface area contributed by atoms with Gasteiger partial charge in [0.1, 0.15) is 4.21 Å². The average Bonchev–Trinajstić information content (AvgIpc) is 2.51. The maximum Gasteiger partial charge on any atom is 0.251 e. The van der Waals surface area contributed by atoms with Gasteiger partial charge in [-0.25, -0.2) is 8.42 Å². The molecule has 0 radical (unpaired) electrons. The zero-order valence-corrected chi connectivity index (χ0v) is 10.5. The van der Waals surface area contributed by atoms with Crippen LogP contribution in [0.3, 0.4) is 0 Å². The molecule has 1 aromatic heterocycles. The van der Waals surface area contributed by atoms with E-state index in [1.165, 1.54) is 6.07 Å². The molecule has 1 aromatic rings. The molecule has 1 atom stereocenters. The van der Waals surface area contributed by atoms with Gasteiger partial charge in [0.25, 0.3) is 10.0 Å². The van der Waals surface area contributed by atoms with E-state index in [9.17, 15) is 8.42 Å². The molecule has 0 spiro atoms. The molecule has 1 unspecified atom stereocenters. The van der Waals surface area contributed by atoms with Crippen molar-refractivity contribution in [1.29, 1.82) is 0 Å². The molecule has 0 saturated carbocycles. The lowest BCUT2D eigenvalue weighted by molar-refractivity contribution is 0.580. The maximum absolute atomic E-state index is 11.6. The standard InChI is InChI=1S/C8H8BrNO2S2/c1-3-6(2)10-14(11,12)8-5-4-7(9)13-8/h1,4-6,10H,2H3. The normalized spacial score (nSPS) is 13.5. The van der Waals surface area contributed by atoms with E-state index in [2.05, 4.69) is 26.6 Å². The van der Waals surface area contributed by atoms with Crippen LogP contribution in [0.25, 0.3) is 0 Å². The first-order valence-electron chi connectivity index (χ1n) is 3.69. The Kier molecular flexibility index (Phi) is 3.72. The Morgan fingerprint density at radius 3 is 2.71 bits per heavy atom. The first-order chi connectivity index (χ1) is 6.45. The van der Waals surface area contributed by atoms with Gasteiger partial charge in [0.15, 0.2) is 0 Å². The summed E-state index contributed by atoms with van der Waals surface area (Å²) in [4.78, 5) is 0. The monoisotopic (exact) mass is 293 g/mol. The minimum Gasteiger partial charge on any atom is -0.206 e. The first-order valence-corrected chi connectivity index (χ1v) is 6.79. The van der Waals surface area contributed by atoms with Crippen molar-refractivity contribution in [3.8, 4) is 12.3 Å². The molecule has 0 aliphatic heterocycles. The predicted molar refractivity (Wildman–Crippen MR) is 60.6 cm³/mol. The second-order valence-corrected chi connectivity index (χ2v) is 6.97. The van der Waals surface area contributed by atoms with Gasteiger partial charge in [0.05, 0.1) is 9.83 Å². The number of hydrogen-bond donors (Lipinski definition) is 1. The Morgan fingerprint density at radius 2 is 2.29 bits per heavy atom. The van der Waals surface area contributed by atoms with Crippen LogP contribution in [0.1, 0.15) is 6.92 Å². The maximum atomic E-state index is 11.6. The Hall–Kier alpha value is -0.350. The minimum absolute atomic E-state index is 0.256. The molecule has 6 heteroatoms. The first kappa shape index (κ1) is 11.7. The molecule has 1 rings (SSSR count). The highest BCUT2D eigenvalue weighted by molar-refractivity contribution is 9.11. The summed E-state index contributed by atoms with van der Waals surface area (Å²) in [6, 6.07) is 2.71. The van der Waals surface area contributed by atoms with Crippen molar-refractivity contribution in [2.24, 2.45) is 0 Å². The number of halogens is 1. The molecule has 0 bridgehead atoms. The highest BCUT2D eigenvalue weighted by Gasteiger charge is 2.17. The lowest BCUT2D eigenvalue weighted by atomic mass is 10.4. The zero-order chi connectivity index (χ0) is 10.8. The summed E-state index contributed by atoms with van der Waals surface area (Å²) < 4.78 is 26.6. The molecule has 0 fully saturated rings. The van der Waals surface area contributed by atoms with Crippen molar-refractivity contribution in [2.75, 3.05) is 0 Å². The van der Waals surface area contributed by atoms with Crippen molar-refractivity contribution in [1.82, 2.24) is 4.72 Å². The van der Waals surface area contributed by atoms with Crippen molar-refractivity contribution in [3.05, 3.63) is 15.9 Å². The van der Waals surface area contributed by atoms with E-state index >= 15 is 0 Å². The van der Waals surface area contributed by atoms with E-state index in [4.69, 9.17) is 6.42 Å². The predicted octanol–water partition coefficient (Wildman–Crippen LogP) is 1.81. The third-order valence-electron chi connectivity index (χ3n) is 1.40. The molecule has 76 valence electrons. The third-order valence-corrected chi connectivity index (χ3v) is 5.05. The zero-order valence-electron chi connectivity index (χ0n) is 7.32. The van der Waals surface area contributed by atoms with Gasteiger partial charge in [-0.3, -0.25) is 0 Å². The molecule has 1 heterocycles. The number of sulfonamides is 1. The van der Waals surface area contributed by atoms with Crippen molar-refractivity contribution in [3.63, 3.8) is 0 Å². The molecule has 0 aromatic carbocycles. The second-order valence-electron chi connectivity index (χ2n) is 2.57. The number of terminal acetylenes is 1. The summed E-state index contributed by atoms with van der Waals surface area (Å²) in [5.41, 5.74) is 0. The summed E-state index contributed by atoms with van der Waals surface area (Å²) in [5, 5.41) is 0. The van der Waals surface area contributed by atoms with Crippen molar-refractivity contribution < 1.29 is 8.42 Å². The topological polar surface area (TPSA) is 46.2 Å². The summed E-state index contributed by atoms with van der Waals surface area (Å²) in [6.45, 7) is 1.61. The number of rotatable bonds is 3. The average molecular weight is 294 g/mol. The molecule has 3 nitrogen and oxygen atoms in total. The fraction of sp³-hybridized carbons (Fsp3) is 0.250. The van der Waals surface area contributed by atoms with Crippen LogP contribution in [-0.2, 0) is 10.0 Å². The number of hydrogen-bond acceptors (Lipinski definition) is 3. The fourth-order valence-corrected chi connectivity index (χ4v) is 3.96. The molecule has 0 amide bonds. The molecule has 0 aliphatic carbocycles. The second kappa shape index (κ2) is 4.45. The van der Waals surface area contributed by atoms with Gasteiger partial charge in [0, 0.05) is 0 Å². The molecular formula is C8H8BrNO2S2. The molecule has 0 aliphatic rings. The van der Waals surface area contributed by atoms with Crippen molar-refractivity contribution in [2.45, 2.75) is 17.2 Å². The van der Waals surface area contributed by atoms with Crippen LogP contribution in [0.15, 0.2) is 20.1 Å². The van der Waals surface area contributed by atoms with Gasteiger partial charge in [0.2, 0.25) is 0 Å². The number of nitrogens with one attached hydrogen (secondary N) is 1. The van der Waals surface area contributed by atoms with E-state index in [-0.39, 0.29) is 4.21 Å². The van der Waals surface area contributed by atoms with Crippen molar-refractivity contribution >= 4 is 37.3 Å². The number of thiophene rings is 1. The SMILES string of the molecule is C#CC(C)NS(=O)(=O)c1ccc(Br)s1. The lowest BCUT2D eigenvalue weighted by Crippen LogP contribution is -2.30. The van der Waals surface area contributed by atoms with Crippen LogP contribution >= 0.6 is 27.3 Å². The van der Waals surface area contributed by atoms with E-state index in [0.29, 0.717) is 0 Å². The van der Waals surface area contributed by atoms with E-state index < -0.39 is 16.1 Å². The van der Waals surface area contributed by atoms with Gasteiger partial charge >= 0.3 is 0 Å². The molecular weight excluding hydrogens is 286 g/mol. The van der Waals surface area contributed by atoms with Crippen LogP contribution in [0.5, 0.6) is 0 Å². The van der Waals surface area contributed by atoms with Gasteiger partial charge in [-0.2, -0.15) is 4.72 Å². The largest absolute Gasteiger partial charge is 0.251 e. The van der Waals surface area contributed by atoms with E-state index in [1.807, 2.05) is 0 Å². The Bertz CT molecular complexity index is 458. The molecule has 14 heavy (non-hydrogen) atoms. The van der Waals surface area contributed by atoms with Gasteiger partial charge < -0.3 is 0 Å². The Labute approximate surface area is 95.7 Å². The smallest absolute Gasteiger partial charge is 0.206 e. The molecule has 0 saturated heterocycles. The summed E-state index contributed by atoms with van der Waals surface area (Å²) >= 11 is 4.34. The highest BCUT2D eigenvalue weighted by atomic mass is 79.9. The Balaban J connectivity index is 2.93. The Morgan fingerprint density at radius 1 is 1.64 bits per heavy atom. The van der Waals surface area contributed by atoms with E-state index in [1.54, 1.807) is 13.0 Å². The summed E-state index contributed by atoms with van der Waals surface area (Å²) in [6.07, 6.45) is 5.08. The van der Waals surface area contributed by atoms with Crippen LogP contribution < -0.4 is 4.72 Å². The summed E-state index contributed by atoms with van der Waals surface area (Å²) in [5.74, 6) is 2.30. The van der Waals surface area contributed by atoms with Crippen LogP contribution in [0.2, 0.25) is 0 Å². The van der Waals surface area contributed by atoms with Crippen LogP contribution in [0, 0.1) is 12.3 Å². The fourth-order valence-electron chi connectivity index (χ4n) is 0.767. The molecule has 1 N–H and O–H groups in total. The third kappa shape index (κ3) is 2.82.